The molecular formula is C30H30N10O2. The number of H-pyrrole nitrogens is 1. The number of carbonyl (C=O) groups excluding carboxylic acids is 1. The maximum atomic E-state index is 14.1. The average Bonchev–Trinajstić information content (AvgIpc) is 3.70. The first-order chi connectivity index (χ1) is 19.9. The van der Waals surface area contributed by atoms with E-state index >= 15 is 0 Å². The van der Waals surface area contributed by atoms with Crippen molar-refractivity contribution in [2.75, 3.05) is 5.73 Å². The van der Waals surface area contributed by atoms with E-state index < -0.39 is 11.9 Å². The van der Waals surface area contributed by atoms with Gasteiger partial charge in [0.25, 0.3) is 11.5 Å². The average molecular weight is 563 g/mol. The van der Waals surface area contributed by atoms with Crippen molar-refractivity contribution in [2.45, 2.75) is 33.4 Å². The minimum atomic E-state index is -0.551. The number of anilines is 1. The predicted molar refractivity (Wildman–Crippen MR) is 160 cm³/mol. The first kappa shape index (κ1) is 27.9. The number of hydrogen-bond donors (Lipinski definition) is 3. The number of rotatable bonds is 6. The van der Waals surface area contributed by atoms with Crippen molar-refractivity contribution in [3.63, 3.8) is 0 Å². The number of aryl methyl sites for hydroxylation is 2. The number of nitrogen functional groups attached to an aromatic ring is 1. The number of carbonyl (C=O) groups is 1. The molecule has 5 aromatic heterocycles. The van der Waals surface area contributed by atoms with Crippen molar-refractivity contribution >= 4 is 28.1 Å². The minimum absolute atomic E-state index is 0. The third-order valence-corrected chi connectivity index (χ3v) is 6.82. The smallest absolute Gasteiger partial charge is 0.259 e. The third-order valence-electron chi connectivity index (χ3n) is 6.82. The van der Waals surface area contributed by atoms with E-state index in [1.54, 1.807) is 46.4 Å². The molecule has 5 heterocycles. The lowest BCUT2D eigenvalue weighted by molar-refractivity contribution is 0.0940. The van der Waals surface area contributed by atoms with Crippen LogP contribution in [0.3, 0.4) is 0 Å². The van der Waals surface area contributed by atoms with Crippen LogP contribution in [0.15, 0.2) is 72.4 Å². The monoisotopic (exact) mass is 562 g/mol. The van der Waals surface area contributed by atoms with Crippen LogP contribution >= 0.6 is 0 Å². The molecule has 0 bridgehead atoms. The zero-order chi connectivity index (χ0) is 28.5. The Balaban J connectivity index is 0.00000353. The number of fused-ring (bicyclic) bond motifs is 2. The maximum Gasteiger partial charge on any atom is 0.259 e. The van der Waals surface area contributed by atoms with Gasteiger partial charge in [-0.15, -0.1) is 5.10 Å². The summed E-state index contributed by atoms with van der Waals surface area (Å²) in [6.07, 6.45) is 10.6. The minimum Gasteiger partial charge on any atom is -0.381 e. The molecule has 0 aliphatic carbocycles. The number of hydrogen-bond acceptors (Lipinski definition) is 7. The summed E-state index contributed by atoms with van der Waals surface area (Å²) in [4.78, 5) is 38.9. The van der Waals surface area contributed by atoms with Crippen molar-refractivity contribution < 1.29 is 4.79 Å². The molecule has 0 radical (unpaired) electrons. The van der Waals surface area contributed by atoms with Crippen molar-refractivity contribution in [2.24, 2.45) is 7.05 Å². The highest BCUT2D eigenvalue weighted by Crippen LogP contribution is 2.23. The normalized spacial score (nSPS) is 11.6. The molecule has 1 aromatic carbocycles. The highest BCUT2D eigenvalue weighted by Gasteiger charge is 2.23. The van der Waals surface area contributed by atoms with Crippen LogP contribution in [0, 0.1) is 11.8 Å². The van der Waals surface area contributed by atoms with Gasteiger partial charge in [-0.25, -0.2) is 14.5 Å². The third kappa shape index (κ3) is 5.23. The van der Waals surface area contributed by atoms with E-state index in [0.29, 0.717) is 35.3 Å². The molecule has 12 heteroatoms. The fourth-order valence-electron chi connectivity index (χ4n) is 4.86. The molecule has 0 fully saturated rings. The molecule has 0 saturated carbocycles. The number of amides is 1. The number of benzene rings is 1. The summed E-state index contributed by atoms with van der Waals surface area (Å²) < 4.78 is 4.81. The van der Waals surface area contributed by atoms with Gasteiger partial charge in [0.05, 0.1) is 29.5 Å². The molecular weight excluding hydrogens is 532 g/mol. The van der Waals surface area contributed by atoms with Crippen LogP contribution in [-0.4, -0.2) is 44.8 Å². The van der Waals surface area contributed by atoms with E-state index in [-0.39, 0.29) is 24.4 Å². The Kier molecular flexibility index (Phi) is 7.57. The van der Waals surface area contributed by atoms with Gasteiger partial charge < -0.3 is 20.6 Å². The number of imidazole rings is 1. The van der Waals surface area contributed by atoms with Crippen LogP contribution in [-0.2, 0) is 20.0 Å². The van der Waals surface area contributed by atoms with E-state index in [2.05, 4.69) is 42.3 Å². The van der Waals surface area contributed by atoms with Gasteiger partial charge in [0.1, 0.15) is 5.56 Å². The summed E-state index contributed by atoms with van der Waals surface area (Å²) in [5, 5.41) is 12.6. The highest BCUT2D eigenvalue weighted by atomic mass is 16.2. The predicted octanol–water partition coefficient (Wildman–Crippen LogP) is 2.85. The lowest BCUT2D eigenvalue weighted by Crippen LogP contribution is -2.33. The lowest BCUT2D eigenvalue weighted by atomic mass is 10.0. The van der Waals surface area contributed by atoms with Gasteiger partial charge in [-0.3, -0.25) is 14.3 Å². The fraction of sp³-hybridized carbons (Fsp3) is 0.200. The highest BCUT2D eigenvalue weighted by molar-refractivity contribution is 6.04. The second kappa shape index (κ2) is 11.4. The summed E-state index contributed by atoms with van der Waals surface area (Å²) in [5.41, 5.74) is 9.28. The van der Waals surface area contributed by atoms with Crippen molar-refractivity contribution in [3.8, 4) is 11.8 Å². The molecule has 6 rings (SSSR count). The largest absolute Gasteiger partial charge is 0.381 e. The van der Waals surface area contributed by atoms with Gasteiger partial charge in [0.2, 0.25) is 0 Å². The standard InChI is InChI=1S/C29H26N10O2.CH4/c1-18(35-28(40)25-26(30)36-39-11-4-10-32-27(25)39)23-13-21-6-3-5-20(8-7-19-14-34-37(2)16-19)24(21)29(41)38(23)12-9-22-15-31-17-33-22;/h3-6,10-11,13-18H,9,12H2,1-2H3,(H2,30,36)(H,31,33)(H,35,40);1H4/t18-;/m0./s1. The molecule has 0 aliphatic rings. The summed E-state index contributed by atoms with van der Waals surface area (Å²) in [6, 6.07) is 8.63. The van der Waals surface area contributed by atoms with Crippen LogP contribution < -0.4 is 16.6 Å². The fourth-order valence-corrected chi connectivity index (χ4v) is 4.86. The van der Waals surface area contributed by atoms with Crippen LogP contribution in [0.2, 0.25) is 0 Å². The number of aromatic nitrogens is 8. The Bertz CT molecular complexity index is 2020. The van der Waals surface area contributed by atoms with Crippen molar-refractivity contribution in [1.82, 2.24) is 44.2 Å². The summed E-state index contributed by atoms with van der Waals surface area (Å²) in [5.74, 6) is 5.87. The first-order valence-corrected chi connectivity index (χ1v) is 12.9. The van der Waals surface area contributed by atoms with E-state index in [1.165, 1.54) is 4.52 Å². The summed E-state index contributed by atoms with van der Waals surface area (Å²) in [6.45, 7) is 2.18. The summed E-state index contributed by atoms with van der Waals surface area (Å²) in [7, 11) is 1.82. The second-order valence-electron chi connectivity index (χ2n) is 9.62. The van der Waals surface area contributed by atoms with Crippen molar-refractivity contribution in [3.05, 3.63) is 106 Å². The lowest BCUT2D eigenvalue weighted by Gasteiger charge is -2.21. The number of nitrogens with two attached hydrogens (primary N) is 1. The Morgan fingerprint density at radius 2 is 2.07 bits per heavy atom. The quantitative estimate of drug-likeness (QED) is 0.264. The Labute approximate surface area is 241 Å². The van der Waals surface area contributed by atoms with Gasteiger partial charge in [-0.05, 0) is 30.5 Å². The molecule has 1 atom stereocenters. The molecule has 0 unspecified atom stereocenters. The molecule has 12 nitrogen and oxygen atoms in total. The molecule has 1 amide bonds. The molecule has 4 N–H and O–H groups in total. The van der Waals surface area contributed by atoms with E-state index in [1.807, 2.05) is 44.4 Å². The summed E-state index contributed by atoms with van der Waals surface area (Å²) >= 11 is 0. The van der Waals surface area contributed by atoms with Gasteiger partial charge >= 0.3 is 0 Å². The van der Waals surface area contributed by atoms with Crippen LogP contribution in [0.25, 0.3) is 16.4 Å². The van der Waals surface area contributed by atoms with E-state index in [4.69, 9.17) is 5.73 Å². The van der Waals surface area contributed by atoms with Crippen LogP contribution in [0.5, 0.6) is 0 Å². The number of nitrogens with one attached hydrogen (secondary N) is 2. The van der Waals surface area contributed by atoms with Gasteiger partial charge in [0.15, 0.2) is 11.5 Å². The molecule has 0 saturated heterocycles. The molecule has 0 aliphatic heterocycles. The zero-order valence-corrected chi connectivity index (χ0v) is 22.4. The topological polar surface area (TPSA) is 154 Å². The SMILES string of the molecule is C.C[C@H](NC(=O)c1c(N)nn2cccnc12)c1cc2cccc(C#Cc3cnn(C)c3)c2c(=O)n1CCc1cnc[nH]1. The molecule has 6 aromatic rings. The van der Waals surface area contributed by atoms with Gasteiger partial charge in [-0.1, -0.05) is 31.4 Å². The zero-order valence-electron chi connectivity index (χ0n) is 22.4. The molecule has 212 valence electrons. The number of aromatic amines is 1. The Hall–Kier alpha value is -5.70. The van der Waals surface area contributed by atoms with Crippen molar-refractivity contribution in [1.29, 1.82) is 0 Å². The Morgan fingerprint density at radius 3 is 2.83 bits per heavy atom. The Morgan fingerprint density at radius 1 is 1.21 bits per heavy atom. The van der Waals surface area contributed by atoms with E-state index in [0.717, 1.165) is 16.6 Å². The second-order valence-corrected chi connectivity index (χ2v) is 9.62. The van der Waals surface area contributed by atoms with E-state index in [9.17, 15) is 9.59 Å². The van der Waals surface area contributed by atoms with Gasteiger partial charge in [-0.2, -0.15) is 5.10 Å². The molecule has 42 heavy (non-hydrogen) atoms. The van der Waals surface area contributed by atoms with Crippen LogP contribution in [0.4, 0.5) is 5.82 Å². The van der Waals surface area contributed by atoms with Crippen LogP contribution in [0.1, 0.15) is 53.3 Å². The maximum absolute atomic E-state index is 14.1. The number of nitrogens with zero attached hydrogens (tertiary/aromatic N) is 7. The number of pyridine rings is 1. The molecule has 0 spiro atoms. The first-order valence-electron chi connectivity index (χ1n) is 12.9. The van der Waals surface area contributed by atoms with Gasteiger partial charge in [0, 0.05) is 61.8 Å².